The van der Waals surface area contributed by atoms with Crippen molar-refractivity contribution in [1.29, 1.82) is 0 Å². The summed E-state index contributed by atoms with van der Waals surface area (Å²) < 4.78 is 23.1. The van der Waals surface area contributed by atoms with Gasteiger partial charge in [-0.3, -0.25) is 4.79 Å². The van der Waals surface area contributed by atoms with Crippen LogP contribution in [0.3, 0.4) is 0 Å². The molecule has 0 aromatic heterocycles. The molecule has 6 nitrogen and oxygen atoms in total. The van der Waals surface area contributed by atoms with Crippen molar-refractivity contribution in [2.45, 2.75) is 4.90 Å². The first-order valence-corrected chi connectivity index (χ1v) is 8.04. The predicted octanol–water partition coefficient (Wildman–Crippen LogP) is 2.05. The Bertz CT molecular complexity index is 806. The number of carbonyl (C=O) groups excluding carboxylic acids is 1. The summed E-state index contributed by atoms with van der Waals surface area (Å²) in [7, 11) is -3.85. The average molecular weight is 371 g/mol. The number of benzene rings is 2. The Morgan fingerprint density at radius 2 is 1.90 bits per heavy atom. The van der Waals surface area contributed by atoms with E-state index < -0.39 is 15.9 Å². The molecule has 0 fully saturated rings. The molecule has 0 atom stereocenters. The molecule has 2 rings (SSSR count). The predicted molar refractivity (Wildman–Crippen MR) is 81.6 cm³/mol. The van der Waals surface area contributed by atoms with Gasteiger partial charge in [-0.05, 0) is 36.4 Å². The van der Waals surface area contributed by atoms with Crippen LogP contribution in [-0.4, -0.2) is 19.4 Å². The van der Waals surface area contributed by atoms with E-state index in [-0.39, 0.29) is 21.9 Å². The van der Waals surface area contributed by atoms with Crippen LogP contribution in [0.2, 0.25) is 0 Å². The van der Waals surface area contributed by atoms with E-state index in [0.717, 1.165) is 0 Å². The number of nitrogens with one attached hydrogen (secondary N) is 1. The molecule has 0 spiro atoms. The number of carbonyl (C=O) groups is 1. The van der Waals surface area contributed by atoms with E-state index >= 15 is 0 Å². The van der Waals surface area contributed by atoms with Gasteiger partial charge in [0.05, 0.1) is 10.5 Å². The number of aromatic hydroxyl groups is 1. The van der Waals surface area contributed by atoms with Crippen molar-refractivity contribution in [3.8, 4) is 5.75 Å². The van der Waals surface area contributed by atoms with Crippen molar-refractivity contribution in [2.24, 2.45) is 5.14 Å². The summed E-state index contributed by atoms with van der Waals surface area (Å²) >= 11 is 3.20. The number of rotatable bonds is 3. The van der Waals surface area contributed by atoms with Gasteiger partial charge in [-0.25, -0.2) is 13.6 Å². The largest absolute Gasteiger partial charge is 0.507 e. The van der Waals surface area contributed by atoms with Crippen molar-refractivity contribution in [2.75, 3.05) is 5.32 Å². The summed E-state index contributed by atoms with van der Waals surface area (Å²) in [6, 6.07) is 9.95. The number of amides is 1. The highest BCUT2D eigenvalue weighted by atomic mass is 79.9. The number of hydrogen-bond acceptors (Lipinski definition) is 4. The molecule has 110 valence electrons. The molecule has 0 aliphatic carbocycles. The standard InChI is InChI=1S/C13H11BrN2O4S/c14-8-4-5-12(17)11(6-8)13(18)16-9-2-1-3-10(7-9)21(15,19)20/h1-7,17H,(H,16,18)(H2,15,19,20). The monoisotopic (exact) mass is 370 g/mol. The zero-order chi connectivity index (χ0) is 15.6. The van der Waals surface area contributed by atoms with Crippen LogP contribution < -0.4 is 10.5 Å². The third-order valence-electron chi connectivity index (χ3n) is 2.62. The summed E-state index contributed by atoms with van der Waals surface area (Å²) in [6.07, 6.45) is 0. The Balaban J connectivity index is 2.30. The van der Waals surface area contributed by atoms with Crippen LogP contribution in [-0.2, 0) is 10.0 Å². The lowest BCUT2D eigenvalue weighted by Crippen LogP contribution is -2.15. The minimum atomic E-state index is -3.85. The van der Waals surface area contributed by atoms with Crippen LogP contribution >= 0.6 is 15.9 Å². The molecule has 2 aromatic rings. The number of primary sulfonamides is 1. The quantitative estimate of drug-likeness (QED) is 0.767. The van der Waals surface area contributed by atoms with Crippen LogP contribution in [0.1, 0.15) is 10.4 Å². The van der Waals surface area contributed by atoms with Crippen molar-refractivity contribution in [3.05, 3.63) is 52.5 Å². The highest BCUT2D eigenvalue weighted by molar-refractivity contribution is 9.10. The molecule has 0 saturated heterocycles. The molecule has 0 radical (unpaired) electrons. The number of sulfonamides is 1. The molecular formula is C13H11BrN2O4S. The molecule has 1 amide bonds. The van der Waals surface area contributed by atoms with E-state index in [9.17, 15) is 18.3 Å². The van der Waals surface area contributed by atoms with E-state index in [1.807, 2.05) is 0 Å². The van der Waals surface area contributed by atoms with Crippen LogP contribution in [0.4, 0.5) is 5.69 Å². The van der Waals surface area contributed by atoms with Crippen LogP contribution in [0.25, 0.3) is 0 Å². The SMILES string of the molecule is NS(=O)(=O)c1cccc(NC(=O)c2cc(Br)ccc2O)c1. The Kier molecular flexibility index (Phi) is 4.31. The molecule has 0 saturated carbocycles. The minimum Gasteiger partial charge on any atom is -0.507 e. The molecule has 4 N–H and O–H groups in total. The van der Waals surface area contributed by atoms with Crippen molar-refractivity contribution in [1.82, 2.24) is 0 Å². The van der Waals surface area contributed by atoms with Crippen molar-refractivity contribution >= 4 is 37.5 Å². The van der Waals surface area contributed by atoms with Gasteiger partial charge < -0.3 is 10.4 Å². The Hall–Kier alpha value is -1.90. The number of phenolic OH excluding ortho intramolecular Hbond substituents is 1. The summed E-state index contributed by atoms with van der Waals surface area (Å²) in [4.78, 5) is 12.0. The van der Waals surface area contributed by atoms with Gasteiger partial charge in [-0.2, -0.15) is 0 Å². The first-order chi connectivity index (χ1) is 9.77. The fourth-order valence-electron chi connectivity index (χ4n) is 1.64. The fraction of sp³-hybridized carbons (Fsp3) is 0. The summed E-state index contributed by atoms with van der Waals surface area (Å²) in [6.45, 7) is 0. The Morgan fingerprint density at radius 1 is 1.19 bits per heavy atom. The smallest absolute Gasteiger partial charge is 0.259 e. The van der Waals surface area contributed by atoms with Crippen LogP contribution in [0.5, 0.6) is 5.75 Å². The molecule has 8 heteroatoms. The molecule has 0 heterocycles. The molecule has 21 heavy (non-hydrogen) atoms. The fourth-order valence-corrected chi connectivity index (χ4v) is 2.56. The van der Waals surface area contributed by atoms with Crippen LogP contribution in [0, 0.1) is 0 Å². The maximum Gasteiger partial charge on any atom is 0.259 e. The lowest BCUT2D eigenvalue weighted by Gasteiger charge is -2.08. The van der Waals surface area contributed by atoms with E-state index in [1.165, 1.54) is 36.4 Å². The Labute approximate surface area is 129 Å². The normalized spacial score (nSPS) is 11.1. The average Bonchev–Trinajstić information content (AvgIpc) is 2.41. The van der Waals surface area contributed by atoms with E-state index in [2.05, 4.69) is 21.2 Å². The summed E-state index contributed by atoms with van der Waals surface area (Å²) in [5.74, 6) is -0.751. The zero-order valence-electron chi connectivity index (χ0n) is 10.6. The van der Waals surface area contributed by atoms with E-state index in [4.69, 9.17) is 5.14 Å². The third-order valence-corrected chi connectivity index (χ3v) is 4.03. The third kappa shape index (κ3) is 3.81. The maximum atomic E-state index is 12.1. The molecule has 0 aliphatic rings. The minimum absolute atomic E-state index is 0.0605. The van der Waals surface area contributed by atoms with Gasteiger partial charge in [0.1, 0.15) is 5.75 Å². The molecule has 0 bridgehead atoms. The van der Waals surface area contributed by atoms with Crippen molar-refractivity contribution in [3.63, 3.8) is 0 Å². The van der Waals surface area contributed by atoms with Gasteiger partial charge in [0.15, 0.2) is 0 Å². The van der Waals surface area contributed by atoms with Crippen molar-refractivity contribution < 1.29 is 18.3 Å². The number of nitrogens with two attached hydrogens (primary N) is 1. The Morgan fingerprint density at radius 3 is 2.57 bits per heavy atom. The van der Waals surface area contributed by atoms with Gasteiger partial charge in [0, 0.05) is 10.2 Å². The summed E-state index contributed by atoms with van der Waals surface area (Å²) in [5, 5.41) is 17.2. The molecule has 0 aliphatic heterocycles. The van der Waals surface area contributed by atoms with Gasteiger partial charge >= 0.3 is 0 Å². The number of anilines is 1. The maximum absolute atomic E-state index is 12.1. The molecule has 2 aromatic carbocycles. The van der Waals surface area contributed by atoms with E-state index in [0.29, 0.717) is 4.47 Å². The molecular weight excluding hydrogens is 360 g/mol. The number of phenols is 1. The van der Waals surface area contributed by atoms with Gasteiger partial charge in [-0.15, -0.1) is 0 Å². The zero-order valence-corrected chi connectivity index (χ0v) is 13.0. The van der Waals surface area contributed by atoms with Crippen LogP contribution in [0.15, 0.2) is 51.8 Å². The number of halogens is 1. The first kappa shape index (κ1) is 15.5. The lowest BCUT2D eigenvalue weighted by molar-refractivity contribution is 0.102. The molecule has 0 unspecified atom stereocenters. The van der Waals surface area contributed by atoms with Gasteiger partial charge in [0.25, 0.3) is 5.91 Å². The highest BCUT2D eigenvalue weighted by Crippen LogP contribution is 2.23. The van der Waals surface area contributed by atoms with Gasteiger partial charge in [0.2, 0.25) is 10.0 Å². The number of hydrogen-bond donors (Lipinski definition) is 3. The second kappa shape index (κ2) is 5.84. The van der Waals surface area contributed by atoms with E-state index in [1.54, 1.807) is 6.07 Å². The summed E-state index contributed by atoms with van der Waals surface area (Å²) in [5.41, 5.74) is 0.316. The first-order valence-electron chi connectivity index (χ1n) is 5.70. The lowest BCUT2D eigenvalue weighted by atomic mass is 10.2. The second-order valence-corrected chi connectivity index (χ2v) is 6.67. The topological polar surface area (TPSA) is 109 Å². The van der Waals surface area contributed by atoms with Gasteiger partial charge in [-0.1, -0.05) is 22.0 Å². The second-order valence-electron chi connectivity index (χ2n) is 4.19. The highest BCUT2D eigenvalue weighted by Gasteiger charge is 2.13.